The molecule has 0 saturated carbocycles. The summed E-state index contributed by atoms with van der Waals surface area (Å²) in [4.78, 5) is 11.5. The third-order valence-corrected chi connectivity index (χ3v) is 3.73. The van der Waals surface area contributed by atoms with Crippen LogP contribution >= 0.6 is 15.9 Å². The summed E-state index contributed by atoms with van der Waals surface area (Å²) in [5.74, 6) is -0.356. The molecule has 3 N–H and O–H groups in total. The van der Waals surface area contributed by atoms with Crippen LogP contribution in [0.1, 0.15) is 6.92 Å². The normalized spacial score (nSPS) is 12.6. The first-order valence-electron chi connectivity index (χ1n) is 5.63. The van der Waals surface area contributed by atoms with E-state index >= 15 is 0 Å². The number of nitrogens with one attached hydrogen (secondary N) is 1. The fraction of sp³-hybridized carbons (Fsp3) is 0.250. The molecule has 0 aliphatic rings. The van der Waals surface area contributed by atoms with Crippen molar-refractivity contribution in [3.63, 3.8) is 0 Å². The molecule has 20 heavy (non-hydrogen) atoms. The number of sulfonamides is 1. The average molecular weight is 363 g/mol. The number of rotatable bonds is 6. The second-order valence-corrected chi connectivity index (χ2v) is 6.38. The second kappa shape index (κ2) is 6.87. The lowest BCUT2D eigenvalue weighted by atomic mass is 10.3. The van der Waals surface area contributed by atoms with E-state index in [2.05, 4.69) is 27.8 Å². The van der Waals surface area contributed by atoms with E-state index in [1.807, 2.05) is 0 Å². The maximum absolute atomic E-state index is 11.7. The average Bonchev–Trinajstić information content (AvgIpc) is 2.36. The van der Waals surface area contributed by atoms with Gasteiger partial charge in [-0.25, -0.2) is 13.6 Å². The SMILES string of the molecule is C=CCNC(=O)C(C)Oc1ccc(Br)cc1S(N)(=O)=O. The van der Waals surface area contributed by atoms with Gasteiger partial charge in [0.2, 0.25) is 10.0 Å². The third kappa shape index (κ3) is 4.62. The molecule has 0 radical (unpaired) electrons. The Labute approximate surface area is 126 Å². The lowest BCUT2D eigenvalue weighted by Crippen LogP contribution is -2.36. The fourth-order valence-corrected chi connectivity index (χ4v) is 2.56. The van der Waals surface area contributed by atoms with Crippen LogP contribution in [0.25, 0.3) is 0 Å². The summed E-state index contributed by atoms with van der Waals surface area (Å²) in [6.07, 6.45) is 0.664. The molecule has 0 aromatic heterocycles. The zero-order valence-electron chi connectivity index (χ0n) is 10.8. The van der Waals surface area contributed by atoms with E-state index in [9.17, 15) is 13.2 Å². The van der Waals surface area contributed by atoms with E-state index in [0.717, 1.165) is 0 Å². The summed E-state index contributed by atoms with van der Waals surface area (Å²) in [5, 5.41) is 7.67. The summed E-state index contributed by atoms with van der Waals surface area (Å²) in [7, 11) is -3.95. The molecule has 6 nitrogen and oxygen atoms in total. The van der Waals surface area contributed by atoms with Crippen LogP contribution in [0.15, 0.2) is 40.2 Å². The minimum atomic E-state index is -3.95. The van der Waals surface area contributed by atoms with Gasteiger partial charge in [-0.15, -0.1) is 6.58 Å². The van der Waals surface area contributed by atoms with E-state index in [4.69, 9.17) is 9.88 Å². The van der Waals surface area contributed by atoms with Crippen molar-refractivity contribution in [3.05, 3.63) is 35.3 Å². The van der Waals surface area contributed by atoms with Crippen LogP contribution in [-0.2, 0) is 14.8 Å². The number of carbonyl (C=O) groups excluding carboxylic acids is 1. The zero-order valence-corrected chi connectivity index (χ0v) is 13.2. The van der Waals surface area contributed by atoms with Crippen molar-refractivity contribution in [1.29, 1.82) is 0 Å². The van der Waals surface area contributed by atoms with Gasteiger partial charge in [-0.3, -0.25) is 4.79 Å². The molecule has 0 spiro atoms. The van der Waals surface area contributed by atoms with Crippen molar-refractivity contribution in [2.75, 3.05) is 6.54 Å². The maximum atomic E-state index is 11.7. The molecule has 0 fully saturated rings. The molecule has 0 aliphatic carbocycles. The predicted octanol–water partition coefficient (Wildman–Crippen LogP) is 1.17. The number of hydrogen-bond donors (Lipinski definition) is 2. The van der Waals surface area contributed by atoms with Crippen molar-refractivity contribution in [3.8, 4) is 5.75 Å². The summed E-state index contributed by atoms with van der Waals surface area (Å²) in [6, 6.07) is 4.35. The van der Waals surface area contributed by atoms with E-state index < -0.39 is 16.1 Å². The van der Waals surface area contributed by atoms with Gasteiger partial charge < -0.3 is 10.1 Å². The quantitative estimate of drug-likeness (QED) is 0.741. The smallest absolute Gasteiger partial charge is 0.261 e. The lowest BCUT2D eigenvalue weighted by molar-refractivity contribution is -0.127. The second-order valence-electron chi connectivity index (χ2n) is 3.93. The monoisotopic (exact) mass is 362 g/mol. The number of amides is 1. The predicted molar refractivity (Wildman–Crippen MR) is 78.8 cm³/mol. The Balaban J connectivity index is 2.98. The molecule has 1 rings (SSSR count). The third-order valence-electron chi connectivity index (χ3n) is 2.31. The lowest BCUT2D eigenvalue weighted by Gasteiger charge is -2.16. The fourth-order valence-electron chi connectivity index (χ4n) is 1.36. The van der Waals surface area contributed by atoms with Crippen LogP contribution in [0.4, 0.5) is 0 Å². The summed E-state index contributed by atoms with van der Waals surface area (Å²) in [5.41, 5.74) is 0. The maximum Gasteiger partial charge on any atom is 0.261 e. The molecule has 1 unspecified atom stereocenters. The Morgan fingerprint density at radius 3 is 2.80 bits per heavy atom. The summed E-state index contributed by atoms with van der Waals surface area (Å²) < 4.78 is 28.9. The number of ether oxygens (including phenoxy) is 1. The highest BCUT2D eigenvalue weighted by molar-refractivity contribution is 9.10. The Morgan fingerprint density at radius 2 is 2.25 bits per heavy atom. The van der Waals surface area contributed by atoms with Crippen LogP contribution in [0.3, 0.4) is 0 Å². The van der Waals surface area contributed by atoms with Gasteiger partial charge in [0.1, 0.15) is 10.6 Å². The van der Waals surface area contributed by atoms with Crippen molar-refractivity contribution in [2.45, 2.75) is 17.9 Å². The van der Waals surface area contributed by atoms with Crippen LogP contribution in [0.2, 0.25) is 0 Å². The highest BCUT2D eigenvalue weighted by atomic mass is 79.9. The van der Waals surface area contributed by atoms with E-state index in [1.165, 1.54) is 25.1 Å². The summed E-state index contributed by atoms with van der Waals surface area (Å²) in [6.45, 7) is 5.28. The molecular weight excluding hydrogens is 348 g/mol. The first kappa shape index (κ1) is 16.7. The van der Waals surface area contributed by atoms with Crippen LogP contribution in [0.5, 0.6) is 5.75 Å². The Bertz CT molecular complexity index is 616. The molecule has 8 heteroatoms. The Morgan fingerprint density at radius 1 is 1.60 bits per heavy atom. The topological polar surface area (TPSA) is 98.5 Å². The minimum absolute atomic E-state index is 0.0250. The molecule has 0 aliphatic heterocycles. The van der Waals surface area contributed by atoms with Gasteiger partial charge in [-0.1, -0.05) is 22.0 Å². The molecule has 1 aromatic carbocycles. The molecule has 0 heterocycles. The number of primary sulfonamides is 1. The van der Waals surface area contributed by atoms with Crippen molar-refractivity contribution >= 4 is 31.9 Å². The summed E-state index contributed by atoms with van der Waals surface area (Å²) >= 11 is 3.15. The highest BCUT2D eigenvalue weighted by Crippen LogP contribution is 2.27. The van der Waals surface area contributed by atoms with Gasteiger partial charge in [-0.05, 0) is 25.1 Å². The van der Waals surface area contributed by atoms with Gasteiger partial charge in [0, 0.05) is 11.0 Å². The Hall–Kier alpha value is -1.38. The van der Waals surface area contributed by atoms with Gasteiger partial charge in [0.25, 0.3) is 5.91 Å². The van der Waals surface area contributed by atoms with E-state index in [-0.39, 0.29) is 16.6 Å². The number of benzene rings is 1. The largest absolute Gasteiger partial charge is 0.479 e. The van der Waals surface area contributed by atoms with Crippen molar-refractivity contribution in [1.82, 2.24) is 5.32 Å². The van der Waals surface area contributed by atoms with Gasteiger partial charge in [0.05, 0.1) is 0 Å². The van der Waals surface area contributed by atoms with Crippen LogP contribution < -0.4 is 15.2 Å². The zero-order chi connectivity index (χ0) is 15.3. The molecule has 1 aromatic rings. The number of halogens is 1. The minimum Gasteiger partial charge on any atom is -0.479 e. The molecule has 1 amide bonds. The van der Waals surface area contributed by atoms with E-state index in [1.54, 1.807) is 6.07 Å². The van der Waals surface area contributed by atoms with Crippen molar-refractivity contribution in [2.24, 2.45) is 5.14 Å². The van der Waals surface area contributed by atoms with Gasteiger partial charge in [-0.2, -0.15) is 0 Å². The first-order valence-corrected chi connectivity index (χ1v) is 7.97. The number of nitrogens with two attached hydrogens (primary N) is 1. The Kier molecular flexibility index (Phi) is 5.73. The van der Waals surface area contributed by atoms with Gasteiger partial charge >= 0.3 is 0 Å². The molecule has 110 valence electrons. The molecular formula is C12H15BrN2O4S. The van der Waals surface area contributed by atoms with Crippen LogP contribution in [-0.4, -0.2) is 27.0 Å². The van der Waals surface area contributed by atoms with Crippen LogP contribution in [0, 0.1) is 0 Å². The number of hydrogen-bond acceptors (Lipinski definition) is 4. The standard InChI is InChI=1S/C12H15BrN2O4S/c1-3-6-15-12(16)8(2)19-10-5-4-9(13)7-11(10)20(14,17)18/h3-5,7-8H,1,6H2,2H3,(H,15,16)(H2,14,17,18). The molecule has 0 saturated heterocycles. The number of carbonyl (C=O) groups is 1. The first-order chi connectivity index (χ1) is 9.25. The van der Waals surface area contributed by atoms with Crippen molar-refractivity contribution < 1.29 is 17.9 Å². The van der Waals surface area contributed by atoms with E-state index in [0.29, 0.717) is 11.0 Å². The molecule has 0 bridgehead atoms. The highest BCUT2D eigenvalue weighted by Gasteiger charge is 2.20. The van der Waals surface area contributed by atoms with Gasteiger partial charge in [0.15, 0.2) is 6.10 Å². The molecule has 1 atom stereocenters.